The molecule has 0 heterocycles. The molecule has 7 heteroatoms. The average molecular weight is 414 g/mol. The van der Waals surface area contributed by atoms with Crippen LogP contribution in [-0.4, -0.2) is 0 Å². The molecule has 0 aliphatic carbocycles. The second kappa shape index (κ2) is 7.72. The van der Waals surface area contributed by atoms with Crippen LogP contribution in [0.5, 0.6) is 11.5 Å². The SMILES string of the molecule is O=P(Oc1ccc(Cl)cc1)(Oc1ccc(Cl)cc1)c1ccc(Cl)cc1. The van der Waals surface area contributed by atoms with E-state index in [1.54, 1.807) is 72.8 Å². The molecule has 0 aliphatic heterocycles. The third-order valence-corrected chi connectivity index (χ3v) is 5.81. The Hall–Kier alpha value is -1.64. The lowest BCUT2D eigenvalue weighted by molar-refractivity contribution is 0.399. The highest BCUT2D eigenvalue weighted by Gasteiger charge is 2.31. The van der Waals surface area contributed by atoms with Gasteiger partial charge in [-0.25, -0.2) is 4.57 Å². The molecule has 0 N–H and O–H groups in total. The van der Waals surface area contributed by atoms with Gasteiger partial charge in [-0.3, -0.25) is 0 Å². The highest BCUT2D eigenvalue weighted by molar-refractivity contribution is 7.63. The molecule has 128 valence electrons. The molecule has 0 bridgehead atoms. The number of halogens is 3. The fourth-order valence-corrected chi connectivity index (χ4v) is 3.95. The molecule has 0 aromatic heterocycles. The van der Waals surface area contributed by atoms with Crippen LogP contribution in [0.1, 0.15) is 0 Å². The van der Waals surface area contributed by atoms with Crippen molar-refractivity contribution in [3.05, 3.63) is 87.9 Å². The molecule has 3 aromatic carbocycles. The van der Waals surface area contributed by atoms with Crippen LogP contribution in [0.4, 0.5) is 0 Å². The quantitative estimate of drug-likeness (QED) is 0.441. The third kappa shape index (κ3) is 4.71. The van der Waals surface area contributed by atoms with E-state index < -0.39 is 7.60 Å². The van der Waals surface area contributed by atoms with Crippen molar-refractivity contribution in [1.82, 2.24) is 0 Å². The van der Waals surface area contributed by atoms with Crippen LogP contribution in [0.15, 0.2) is 72.8 Å². The summed E-state index contributed by atoms with van der Waals surface area (Å²) in [7, 11) is -3.71. The molecule has 0 aliphatic rings. The molecule has 0 saturated heterocycles. The van der Waals surface area contributed by atoms with E-state index in [2.05, 4.69) is 0 Å². The Morgan fingerprint density at radius 1 is 0.560 bits per heavy atom. The van der Waals surface area contributed by atoms with Crippen LogP contribution in [0.25, 0.3) is 0 Å². The van der Waals surface area contributed by atoms with Gasteiger partial charge in [0.2, 0.25) is 0 Å². The van der Waals surface area contributed by atoms with Crippen molar-refractivity contribution >= 4 is 47.7 Å². The summed E-state index contributed by atoms with van der Waals surface area (Å²) in [5.74, 6) is 0.744. The summed E-state index contributed by atoms with van der Waals surface area (Å²) in [6.07, 6.45) is 0. The van der Waals surface area contributed by atoms with Crippen molar-refractivity contribution in [3.63, 3.8) is 0 Å². The average Bonchev–Trinajstić information content (AvgIpc) is 2.60. The van der Waals surface area contributed by atoms with Crippen molar-refractivity contribution in [2.75, 3.05) is 0 Å². The van der Waals surface area contributed by atoms with E-state index >= 15 is 0 Å². The Kier molecular flexibility index (Phi) is 5.61. The number of hydrogen-bond acceptors (Lipinski definition) is 3. The summed E-state index contributed by atoms with van der Waals surface area (Å²) < 4.78 is 24.9. The smallest absolute Gasteiger partial charge is 0.413 e. The summed E-state index contributed by atoms with van der Waals surface area (Å²) in [5, 5.41) is 2.00. The summed E-state index contributed by atoms with van der Waals surface area (Å²) in [5.41, 5.74) is 0. The van der Waals surface area contributed by atoms with Crippen molar-refractivity contribution < 1.29 is 13.6 Å². The van der Waals surface area contributed by atoms with Gasteiger partial charge < -0.3 is 9.05 Å². The standard InChI is InChI=1S/C18H12Cl3O3P/c19-13-1-7-16(8-2-13)23-25(22,18-11-5-15(21)6-12-18)24-17-9-3-14(20)4-10-17/h1-12H. The first-order valence-corrected chi connectivity index (χ1v) is 9.89. The Labute approximate surface area is 160 Å². The molecule has 25 heavy (non-hydrogen) atoms. The summed E-state index contributed by atoms with van der Waals surface area (Å²) >= 11 is 17.7. The van der Waals surface area contributed by atoms with E-state index in [1.165, 1.54) is 0 Å². The molecule has 0 atom stereocenters. The van der Waals surface area contributed by atoms with Crippen LogP contribution < -0.4 is 14.4 Å². The molecule has 3 rings (SSSR count). The summed E-state index contributed by atoms with van der Waals surface area (Å²) in [6, 6.07) is 19.5. The van der Waals surface area contributed by atoms with Gasteiger partial charge >= 0.3 is 7.60 Å². The molecule has 3 aromatic rings. The Morgan fingerprint density at radius 2 is 0.880 bits per heavy atom. The van der Waals surface area contributed by atoms with Crippen molar-refractivity contribution in [3.8, 4) is 11.5 Å². The van der Waals surface area contributed by atoms with Gasteiger partial charge in [0.15, 0.2) is 0 Å². The molecular weight excluding hydrogens is 402 g/mol. The van der Waals surface area contributed by atoms with E-state index in [4.69, 9.17) is 43.9 Å². The van der Waals surface area contributed by atoms with Crippen LogP contribution in [0, 0.1) is 0 Å². The summed E-state index contributed by atoms with van der Waals surface area (Å²) in [4.78, 5) is 0. The van der Waals surface area contributed by atoms with Crippen LogP contribution >= 0.6 is 42.4 Å². The van der Waals surface area contributed by atoms with Gasteiger partial charge in [0.1, 0.15) is 11.5 Å². The van der Waals surface area contributed by atoms with E-state index in [0.717, 1.165) is 0 Å². The monoisotopic (exact) mass is 412 g/mol. The Balaban J connectivity index is 1.97. The molecule has 0 saturated carbocycles. The summed E-state index contributed by atoms with van der Waals surface area (Å²) in [6.45, 7) is 0. The first-order chi connectivity index (χ1) is 11.9. The first kappa shape index (κ1) is 18.2. The number of benzene rings is 3. The predicted octanol–water partition coefficient (Wildman–Crippen LogP) is 6.62. The lowest BCUT2D eigenvalue weighted by Gasteiger charge is -2.20. The minimum absolute atomic E-state index is 0.372. The van der Waals surface area contributed by atoms with Crippen molar-refractivity contribution in [2.24, 2.45) is 0 Å². The molecular formula is C18H12Cl3O3P. The zero-order valence-corrected chi connectivity index (χ0v) is 15.9. The predicted molar refractivity (Wildman–Crippen MR) is 103 cm³/mol. The van der Waals surface area contributed by atoms with Crippen LogP contribution in [-0.2, 0) is 4.57 Å². The van der Waals surface area contributed by atoms with Gasteiger partial charge in [-0.05, 0) is 72.8 Å². The zero-order chi connectivity index (χ0) is 17.9. The minimum atomic E-state index is -3.71. The number of rotatable bonds is 5. The normalized spacial score (nSPS) is 11.2. The van der Waals surface area contributed by atoms with Crippen molar-refractivity contribution in [1.29, 1.82) is 0 Å². The molecule has 0 amide bonds. The lowest BCUT2D eigenvalue weighted by Crippen LogP contribution is -2.14. The second-order valence-electron chi connectivity index (χ2n) is 5.06. The lowest BCUT2D eigenvalue weighted by atomic mass is 10.3. The van der Waals surface area contributed by atoms with E-state index in [0.29, 0.717) is 31.9 Å². The van der Waals surface area contributed by atoms with E-state index in [1.807, 2.05) is 0 Å². The molecule has 3 nitrogen and oxygen atoms in total. The fraction of sp³-hybridized carbons (Fsp3) is 0. The van der Waals surface area contributed by atoms with Gasteiger partial charge in [0.05, 0.1) is 5.30 Å². The molecule has 0 spiro atoms. The second-order valence-corrected chi connectivity index (χ2v) is 8.25. The Bertz CT molecular complexity index is 843. The number of hydrogen-bond donors (Lipinski definition) is 0. The van der Waals surface area contributed by atoms with Crippen LogP contribution in [0.3, 0.4) is 0 Å². The van der Waals surface area contributed by atoms with E-state index in [9.17, 15) is 4.57 Å². The maximum absolute atomic E-state index is 13.5. The third-order valence-electron chi connectivity index (χ3n) is 3.22. The van der Waals surface area contributed by atoms with Gasteiger partial charge in [-0.1, -0.05) is 34.8 Å². The first-order valence-electron chi connectivity index (χ1n) is 7.21. The highest BCUT2D eigenvalue weighted by Crippen LogP contribution is 2.47. The van der Waals surface area contributed by atoms with Crippen molar-refractivity contribution in [2.45, 2.75) is 0 Å². The van der Waals surface area contributed by atoms with Crippen LogP contribution in [0.2, 0.25) is 15.1 Å². The van der Waals surface area contributed by atoms with Gasteiger partial charge in [-0.15, -0.1) is 0 Å². The van der Waals surface area contributed by atoms with Gasteiger partial charge in [0.25, 0.3) is 0 Å². The maximum atomic E-state index is 13.5. The van der Waals surface area contributed by atoms with E-state index in [-0.39, 0.29) is 0 Å². The van der Waals surface area contributed by atoms with Gasteiger partial charge in [0, 0.05) is 15.1 Å². The molecule has 0 radical (unpaired) electrons. The topological polar surface area (TPSA) is 35.5 Å². The minimum Gasteiger partial charge on any atom is -0.413 e. The largest absolute Gasteiger partial charge is 0.462 e. The highest BCUT2D eigenvalue weighted by atomic mass is 35.5. The fourth-order valence-electron chi connectivity index (χ4n) is 2.02. The Morgan fingerprint density at radius 3 is 1.24 bits per heavy atom. The molecule has 0 fully saturated rings. The molecule has 0 unspecified atom stereocenters. The van der Waals surface area contributed by atoms with Gasteiger partial charge in [-0.2, -0.15) is 0 Å². The maximum Gasteiger partial charge on any atom is 0.462 e. The zero-order valence-electron chi connectivity index (χ0n) is 12.7.